The molecule has 2 heterocycles. The van der Waals surface area contributed by atoms with Crippen LogP contribution < -0.4 is 10.1 Å². The van der Waals surface area contributed by atoms with Crippen LogP contribution in [0.15, 0.2) is 57.5 Å². The van der Waals surface area contributed by atoms with Crippen molar-refractivity contribution in [1.29, 1.82) is 0 Å². The van der Waals surface area contributed by atoms with E-state index in [1.165, 1.54) is 30.2 Å². The Morgan fingerprint density at radius 1 is 1.11 bits per heavy atom. The number of aromatic nitrogens is 3. The van der Waals surface area contributed by atoms with E-state index < -0.39 is 5.97 Å². The molecule has 0 radical (unpaired) electrons. The maximum absolute atomic E-state index is 12.8. The third-order valence-electron chi connectivity index (χ3n) is 5.56. The lowest BCUT2D eigenvalue weighted by atomic mass is 9.97. The van der Waals surface area contributed by atoms with Gasteiger partial charge in [0.15, 0.2) is 11.0 Å². The minimum Gasteiger partial charge on any atom is -0.486 e. The van der Waals surface area contributed by atoms with Crippen LogP contribution in [-0.4, -0.2) is 39.5 Å². The summed E-state index contributed by atoms with van der Waals surface area (Å²) in [6.45, 7) is 4.23. The molecule has 11 heteroatoms. The molecule has 37 heavy (non-hydrogen) atoms. The van der Waals surface area contributed by atoms with Gasteiger partial charge in [0, 0.05) is 22.5 Å². The van der Waals surface area contributed by atoms with Crippen molar-refractivity contribution in [1.82, 2.24) is 14.8 Å². The summed E-state index contributed by atoms with van der Waals surface area (Å²) in [4.78, 5) is 25.5. The van der Waals surface area contributed by atoms with Gasteiger partial charge in [-0.2, -0.15) is 0 Å². The number of halogens is 1. The van der Waals surface area contributed by atoms with Gasteiger partial charge in [-0.25, -0.2) is 4.79 Å². The van der Waals surface area contributed by atoms with Gasteiger partial charge in [-0.1, -0.05) is 51.5 Å². The topological polar surface area (TPSA) is 95.3 Å². The van der Waals surface area contributed by atoms with Crippen LogP contribution in [0.4, 0.5) is 5.00 Å². The van der Waals surface area contributed by atoms with Crippen LogP contribution in [0.25, 0.3) is 11.1 Å². The number of anilines is 1. The Morgan fingerprint density at radius 3 is 2.59 bits per heavy atom. The van der Waals surface area contributed by atoms with Gasteiger partial charge in [0.2, 0.25) is 5.91 Å². The van der Waals surface area contributed by atoms with Gasteiger partial charge in [-0.3, -0.25) is 4.79 Å². The summed E-state index contributed by atoms with van der Waals surface area (Å²) in [6, 6.07) is 13.6. The maximum atomic E-state index is 12.8. The first-order valence-corrected chi connectivity index (χ1v) is 13.9. The molecule has 0 atom stereocenters. The van der Waals surface area contributed by atoms with Crippen molar-refractivity contribution in [3.05, 3.63) is 74.8 Å². The largest absolute Gasteiger partial charge is 0.486 e. The van der Waals surface area contributed by atoms with Gasteiger partial charge in [-0.05, 0) is 49.2 Å². The molecule has 4 aromatic rings. The molecule has 0 aliphatic carbocycles. The van der Waals surface area contributed by atoms with Gasteiger partial charge in [0.1, 0.15) is 22.9 Å². The van der Waals surface area contributed by atoms with E-state index in [0.29, 0.717) is 21.5 Å². The third-order valence-corrected chi connectivity index (χ3v) is 8.00. The van der Waals surface area contributed by atoms with Crippen molar-refractivity contribution < 1.29 is 19.1 Å². The number of hydrogen-bond donors (Lipinski definition) is 1. The van der Waals surface area contributed by atoms with Crippen molar-refractivity contribution >= 4 is 55.9 Å². The molecule has 2 aromatic carbocycles. The second-order valence-corrected chi connectivity index (χ2v) is 10.9. The molecule has 0 saturated carbocycles. The monoisotopic (exact) mass is 600 g/mol. The van der Waals surface area contributed by atoms with Crippen molar-refractivity contribution in [3.8, 4) is 16.9 Å². The summed E-state index contributed by atoms with van der Waals surface area (Å²) in [7, 11) is 3.16. The highest BCUT2D eigenvalue weighted by Crippen LogP contribution is 2.38. The second kappa shape index (κ2) is 11.9. The molecule has 0 bridgehead atoms. The van der Waals surface area contributed by atoms with Crippen molar-refractivity contribution in [3.63, 3.8) is 0 Å². The molecule has 0 saturated heterocycles. The average Bonchev–Trinajstić information content (AvgIpc) is 3.46. The fourth-order valence-corrected chi connectivity index (χ4v) is 5.51. The number of nitrogens with one attached hydrogen (secondary N) is 1. The quantitative estimate of drug-likeness (QED) is 0.185. The van der Waals surface area contributed by atoms with Crippen LogP contribution in [-0.2, 0) is 23.2 Å². The lowest BCUT2D eigenvalue weighted by Gasteiger charge is -2.10. The van der Waals surface area contributed by atoms with Crippen LogP contribution in [0.3, 0.4) is 0 Å². The molecular formula is C26H25BrN4O4S2. The van der Waals surface area contributed by atoms with Gasteiger partial charge < -0.3 is 19.4 Å². The van der Waals surface area contributed by atoms with E-state index >= 15 is 0 Å². The van der Waals surface area contributed by atoms with Crippen LogP contribution >= 0.6 is 39.0 Å². The zero-order chi connectivity index (χ0) is 26.5. The fourth-order valence-electron chi connectivity index (χ4n) is 3.55. The van der Waals surface area contributed by atoms with Crippen LogP contribution in [0.2, 0.25) is 0 Å². The molecule has 0 aliphatic heterocycles. The van der Waals surface area contributed by atoms with Crippen molar-refractivity contribution in [2.75, 3.05) is 18.2 Å². The lowest BCUT2D eigenvalue weighted by Crippen LogP contribution is -2.16. The molecule has 0 aliphatic rings. The number of hydrogen-bond acceptors (Lipinski definition) is 8. The summed E-state index contributed by atoms with van der Waals surface area (Å²) >= 11 is 5.95. The third kappa shape index (κ3) is 6.41. The standard InChI is InChI=1S/C26H25BrN4O4S2/c1-15-5-6-16(2)19(11-15)20-13-36-24(23(20)25(33)34-4)28-22(32)14-37-26-30-29-21(31(26)3)12-35-18-9-7-17(27)8-10-18/h5-11,13H,12,14H2,1-4H3,(H,28,32). The minimum absolute atomic E-state index is 0.0941. The second-order valence-electron chi connectivity index (χ2n) is 8.20. The van der Waals surface area contributed by atoms with E-state index in [4.69, 9.17) is 9.47 Å². The Morgan fingerprint density at radius 2 is 1.86 bits per heavy atom. The molecule has 1 amide bonds. The van der Waals surface area contributed by atoms with Gasteiger partial charge in [-0.15, -0.1) is 21.5 Å². The van der Waals surface area contributed by atoms with Crippen LogP contribution in [0.5, 0.6) is 5.75 Å². The predicted molar refractivity (Wildman–Crippen MR) is 149 cm³/mol. The number of carbonyl (C=O) groups excluding carboxylic acids is 2. The predicted octanol–water partition coefficient (Wildman–Crippen LogP) is 6.02. The Bertz CT molecular complexity index is 1430. The highest BCUT2D eigenvalue weighted by atomic mass is 79.9. The van der Waals surface area contributed by atoms with Gasteiger partial charge >= 0.3 is 5.97 Å². The number of esters is 1. The summed E-state index contributed by atoms with van der Waals surface area (Å²) in [5.74, 6) is 0.688. The normalized spacial score (nSPS) is 10.8. The number of methoxy groups -OCH3 is 1. The summed E-state index contributed by atoms with van der Waals surface area (Å²) in [6.07, 6.45) is 0. The number of ether oxygens (including phenoxy) is 2. The SMILES string of the molecule is COC(=O)c1c(-c2cc(C)ccc2C)csc1NC(=O)CSc1nnc(COc2ccc(Br)cc2)n1C. The van der Waals surface area contributed by atoms with Gasteiger partial charge in [0.25, 0.3) is 0 Å². The molecule has 0 spiro atoms. The number of thiophene rings is 1. The van der Waals surface area contributed by atoms with E-state index in [-0.39, 0.29) is 18.3 Å². The van der Waals surface area contributed by atoms with Crippen LogP contribution in [0.1, 0.15) is 27.3 Å². The molecule has 192 valence electrons. The first-order chi connectivity index (χ1) is 17.8. The minimum atomic E-state index is -0.496. The highest BCUT2D eigenvalue weighted by molar-refractivity contribution is 9.10. The Kier molecular flexibility index (Phi) is 8.67. The smallest absolute Gasteiger partial charge is 0.341 e. The molecule has 4 rings (SSSR count). The highest BCUT2D eigenvalue weighted by Gasteiger charge is 2.23. The van der Waals surface area contributed by atoms with E-state index in [1.807, 2.05) is 68.7 Å². The number of amides is 1. The van der Waals surface area contributed by atoms with Gasteiger partial charge in [0.05, 0.1) is 12.9 Å². The van der Waals surface area contributed by atoms with Crippen molar-refractivity contribution in [2.24, 2.45) is 7.05 Å². The van der Waals surface area contributed by atoms with E-state index in [0.717, 1.165) is 32.5 Å². The average molecular weight is 602 g/mol. The lowest BCUT2D eigenvalue weighted by molar-refractivity contribution is -0.113. The molecular weight excluding hydrogens is 576 g/mol. The first-order valence-electron chi connectivity index (χ1n) is 11.2. The molecule has 0 fully saturated rings. The Labute approximate surface area is 231 Å². The van der Waals surface area contributed by atoms with E-state index in [1.54, 1.807) is 4.57 Å². The number of benzene rings is 2. The molecule has 0 unspecified atom stereocenters. The number of nitrogens with zero attached hydrogens (tertiary/aromatic N) is 3. The van der Waals surface area contributed by atoms with E-state index in [9.17, 15) is 9.59 Å². The first kappa shape index (κ1) is 26.9. The Balaban J connectivity index is 1.42. The number of aryl methyl sites for hydroxylation is 2. The fraction of sp³-hybridized carbons (Fsp3) is 0.231. The molecule has 2 aromatic heterocycles. The zero-order valence-corrected chi connectivity index (χ0v) is 23.9. The summed E-state index contributed by atoms with van der Waals surface area (Å²) in [5.41, 5.74) is 4.14. The summed E-state index contributed by atoms with van der Waals surface area (Å²) in [5, 5.41) is 14.1. The number of thioether (sulfide) groups is 1. The van der Waals surface area contributed by atoms with Crippen LogP contribution in [0, 0.1) is 13.8 Å². The maximum Gasteiger partial charge on any atom is 0.341 e. The number of carbonyl (C=O) groups is 2. The Hall–Kier alpha value is -3.15. The molecule has 1 N–H and O–H groups in total. The van der Waals surface area contributed by atoms with E-state index in [2.05, 4.69) is 31.4 Å². The number of rotatable bonds is 9. The molecule has 8 nitrogen and oxygen atoms in total. The summed E-state index contributed by atoms with van der Waals surface area (Å²) < 4.78 is 13.6. The zero-order valence-electron chi connectivity index (χ0n) is 20.7. The van der Waals surface area contributed by atoms with Crippen molar-refractivity contribution in [2.45, 2.75) is 25.6 Å².